The van der Waals surface area contributed by atoms with Crippen LogP contribution in [0.25, 0.3) is 10.9 Å². The van der Waals surface area contributed by atoms with Crippen molar-refractivity contribution in [1.29, 1.82) is 5.41 Å². The molecule has 0 fully saturated rings. The zero-order valence-electron chi connectivity index (χ0n) is 8.22. The third-order valence-electron chi connectivity index (χ3n) is 2.65. The largest absolute Gasteiger partial charge is 0.369 e. The number of aromatic nitrogens is 2. The van der Waals surface area contributed by atoms with E-state index >= 15 is 0 Å². The van der Waals surface area contributed by atoms with Crippen LogP contribution in [-0.2, 0) is 6.54 Å². The Bertz CT molecular complexity index is 647. The van der Waals surface area contributed by atoms with Crippen LogP contribution in [0.2, 0.25) is 10.0 Å². The standard InChI is InChI=1S/C10H8Cl2N4/c11-5-3-6-8(7(12)4-5)15-10(13)16-2-1-14-9(6)16/h3-4,13-14H,1-2H2. The summed E-state index contributed by atoms with van der Waals surface area (Å²) in [5.74, 6) is 0.874. The van der Waals surface area contributed by atoms with Gasteiger partial charge in [-0.15, -0.1) is 0 Å². The SMILES string of the molecule is N=c1nc2c(Cl)cc(Cl)cc2c2n1CCN2. The lowest BCUT2D eigenvalue weighted by molar-refractivity contribution is 0.717. The molecule has 0 radical (unpaired) electrons. The molecule has 0 atom stereocenters. The fraction of sp³-hybridized carbons (Fsp3) is 0.200. The number of nitrogens with zero attached hydrogens (tertiary/aromatic N) is 2. The molecule has 3 rings (SSSR count). The number of hydrogen-bond acceptors (Lipinski definition) is 3. The lowest BCUT2D eigenvalue weighted by atomic mass is 10.2. The van der Waals surface area contributed by atoms with E-state index in [1.165, 1.54) is 0 Å². The van der Waals surface area contributed by atoms with E-state index in [2.05, 4.69) is 10.3 Å². The number of halogens is 2. The molecule has 0 spiro atoms. The van der Waals surface area contributed by atoms with Crippen LogP contribution in [0.3, 0.4) is 0 Å². The van der Waals surface area contributed by atoms with Crippen LogP contribution in [0.4, 0.5) is 5.82 Å². The molecule has 0 unspecified atom stereocenters. The van der Waals surface area contributed by atoms with Crippen molar-refractivity contribution in [2.24, 2.45) is 0 Å². The molecule has 4 nitrogen and oxygen atoms in total. The van der Waals surface area contributed by atoms with Crippen molar-refractivity contribution in [3.63, 3.8) is 0 Å². The van der Waals surface area contributed by atoms with Gasteiger partial charge in [0.25, 0.3) is 0 Å². The Morgan fingerprint density at radius 3 is 3.00 bits per heavy atom. The third kappa shape index (κ3) is 1.30. The molecule has 1 aliphatic rings. The number of fused-ring (bicyclic) bond motifs is 3. The third-order valence-corrected chi connectivity index (χ3v) is 3.16. The number of nitrogens with one attached hydrogen (secondary N) is 2. The molecule has 0 saturated carbocycles. The second kappa shape index (κ2) is 3.37. The van der Waals surface area contributed by atoms with Crippen LogP contribution < -0.4 is 10.9 Å². The van der Waals surface area contributed by atoms with Gasteiger partial charge >= 0.3 is 0 Å². The first-order chi connectivity index (χ1) is 7.66. The predicted octanol–water partition coefficient (Wildman–Crippen LogP) is 2.25. The summed E-state index contributed by atoms with van der Waals surface area (Å²) < 4.78 is 1.81. The number of rotatable bonds is 0. The number of anilines is 1. The van der Waals surface area contributed by atoms with Crippen molar-refractivity contribution in [2.45, 2.75) is 6.54 Å². The predicted molar refractivity (Wildman–Crippen MR) is 64.1 cm³/mol. The molecule has 0 aliphatic carbocycles. The van der Waals surface area contributed by atoms with Gasteiger partial charge in [-0.05, 0) is 12.1 Å². The van der Waals surface area contributed by atoms with Crippen molar-refractivity contribution in [2.75, 3.05) is 11.9 Å². The van der Waals surface area contributed by atoms with Crippen LogP contribution in [0.5, 0.6) is 0 Å². The fourth-order valence-electron chi connectivity index (χ4n) is 1.97. The van der Waals surface area contributed by atoms with E-state index in [0.29, 0.717) is 15.6 Å². The highest BCUT2D eigenvalue weighted by molar-refractivity contribution is 6.38. The Morgan fingerprint density at radius 1 is 1.38 bits per heavy atom. The summed E-state index contributed by atoms with van der Waals surface area (Å²) in [6.07, 6.45) is 0. The lowest BCUT2D eigenvalue weighted by Crippen LogP contribution is -2.21. The second-order valence-electron chi connectivity index (χ2n) is 3.65. The van der Waals surface area contributed by atoms with Crippen LogP contribution in [0.15, 0.2) is 12.1 Å². The number of hydrogen-bond donors (Lipinski definition) is 2. The van der Waals surface area contributed by atoms with Crippen molar-refractivity contribution in [3.8, 4) is 0 Å². The van der Waals surface area contributed by atoms with Crippen LogP contribution in [0.1, 0.15) is 0 Å². The maximum atomic E-state index is 7.80. The fourth-order valence-corrected chi connectivity index (χ4v) is 2.51. The number of benzene rings is 1. The Labute approximate surface area is 101 Å². The second-order valence-corrected chi connectivity index (χ2v) is 4.49. The molecular formula is C10H8Cl2N4. The van der Waals surface area contributed by atoms with Crippen LogP contribution in [-0.4, -0.2) is 16.1 Å². The highest BCUT2D eigenvalue weighted by Gasteiger charge is 2.16. The zero-order valence-corrected chi connectivity index (χ0v) is 9.73. The van der Waals surface area contributed by atoms with Crippen molar-refractivity contribution >= 4 is 39.9 Å². The molecule has 2 N–H and O–H groups in total. The molecule has 0 saturated heterocycles. The summed E-state index contributed by atoms with van der Waals surface area (Å²) in [7, 11) is 0. The van der Waals surface area contributed by atoms with E-state index in [1.54, 1.807) is 6.07 Å². The van der Waals surface area contributed by atoms with E-state index in [1.807, 2.05) is 10.6 Å². The monoisotopic (exact) mass is 254 g/mol. The molecule has 1 aromatic carbocycles. The zero-order chi connectivity index (χ0) is 11.3. The molecule has 0 bridgehead atoms. The molecule has 0 amide bonds. The van der Waals surface area contributed by atoms with E-state index in [0.717, 1.165) is 24.3 Å². The normalized spacial score (nSPS) is 13.9. The van der Waals surface area contributed by atoms with Crippen LogP contribution >= 0.6 is 23.2 Å². The van der Waals surface area contributed by atoms with Gasteiger partial charge in [-0.2, -0.15) is 0 Å². The molecule has 2 aromatic rings. The molecule has 1 aromatic heterocycles. The highest BCUT2D eigenvalue weighted by atomic mass is 35.5. The molecule has 16 heavy (non-hydrogen) atoms. The van der Waals surface area contributed by atoms with Gasteiger partial charge in [-0.3, -0.25) is 9.98 Å². The van der Waals surface area contributed by atoms with E-state index in [4.69, 9.17) is 28.6 Å². The van der Waals surface area contributed by atoms with E-state index < -0.39 is 0 Å². The van der Waals surface area contributed by atoms with Crippen LogP contribution in [0, 0.1) is 5.41 Å². The Balaban J connectivity index is 2.53. The van der Waals surface area contributed by atoms with E-state index in [-0.39, 0.29) is 5.62 Å². The van der Waals surface area contributed by atoms with Gasteiger partial charge in [0.1, 0.15) is 5.82 Å². The first-order valence-electron chi connectivity index (χ1n) is 4.85. The molecule has 82 valence electrons. The van der Waals surface area contributed by atoms with Gasteiger partial charge in [0, 0.05) is 23.5 Å². The highest BCUT2D eigenvalue weighted by Crippen LogP contribution is 2.31. The molecular weight excluding hydrogens is 247 g/mol. The first-order valence-corrected chi connectivity index (χ1v) is 5.60. The van der Waals surface area contributed by atoms with E-state index in [9.17, 15) is 0 Å². The van der Waals surface area contributed by atoms with Crippen molar-refractivity contribution in [3.05, 3.63) is 27.8 Å². The maximum Gasteiger partial charge on any atom is 0.224 e. The minimum atomic E-state index is 0.219. The lowest BCUT2D eigenvalue weighted by Gasteiger charge is -2.08. The molecule has 2 heterocycles. The Hall–Kier alpha value is -1.26. The van der Waals surface area contributed by atoms with Gasteiger partial charge in [-0.25, -0.2) is 4.98 Å². The summed E-state index contributed by atoms with van der Waals surface area (Å²) in [6.45, 7) is 1.55. The average molecular weight is 255 g/mol. The van der Waals surface area contributed by atoms with Gasteiger partial charge in [0.2, 0.25) is 5.62 Å². The minimum Gasteiger partial charge on any atom is -0.369 e. The average Bonchev–Trinajstić information content (AvgIpc) is 2.69. The summed E-state index contributed by atoms with van der Waals surface area (Å²) in [5, 5.41) is 13.0. The van der Waals surface area contributed by atoms with Gasteiger partial charge in [0.05, 0.1) is 10.5 Å². The topological polar surface area (TPSA) is 53.7 Å². The smallest absolute Gasteiger partial charge is 0.224 e. The van der Waals surface area contributed by atoms with Crippen molar-refractivity contribution < 1.29 is 0 Å². The summed E-state index contributed by atoms with van der Waals surface area (Å²) in [5.41, 5.74) is 0.841. The van der Waals surface area contributed by atoms with Gasteiger partial charge < -0.3 is 5.32 Å². The summed E-state index contributed by atoms with van der Waals surface area (Å²) in [6, 6.07) is 3.46. The molecule has 1 aliphatic heterocycles. The summed E-state index contributed by atoms with van der Waals surface area (Å²) >= 11 is 12.0. The quantitative estimate of drug-likeness (QED) is 0.758. The van der Waals surface area contributed by atoms with Gasteiger partial charge in [0.15, 0.2) is 0 Å². The first kappa shape index (κ1) is 9.93. The molecule has 6 heteroatoms. The Kier molecular flexibility index (Phi) is 2.09. The van der Waals surface area contributed by atoms with Crippen molar-refractivity contribution in [1.82, 2.24) is 9.55 Å². The maximum absolute atomic E-state index is 7.80. The Morgan fingerprint density at radius 2 is 2.19 bits per heavy atom. The summed E-state index contributed by atoms with van der Waals surface area (Å²) in [4.78, 5) is 4.19. The minimum absolute atomic E-state index is 0.219. The van der Waals surface area contributed by atoms with Gasteiger partial charge in [-0.1, -0.05) is 23.2 Å².